The molecule has 0 aliphatic rings. The summed E-state index contributed by atoms with van der Waals surface area (Å²) in [6.45, 7) is 4.43. The Morgan fingerprint density at radius 1 is 1.03 bits per heavy atom. The van der Waals surface area contributed by atoms with Crippen molar-refractivity contribution in [1.29, 1.82) is 0 Å². The first kappa shape index (κ1) is 20.7. The van der Waals surface area contributed by atoms with Crippen molar-refractivity contribution in [1.82, 2.24) is 4.98 Å². The summed E-state index contributed by atoms with van der Waals surface area (Å²) >= 11 is 0. The van der Waals surface area contributed by atoms with E-state index in [-0.39, 0.29) is 5.56 Å². The second-order valence-corrected chi connectivity index (χ2v) is 7.04. The highest BCUT2D eigenvalue weighted by atomic mass is 16.5. The molecule has 6 heteroatoms. The highest BCUT2D eigenvalue weighted by molar-refractivity contribution is 5.87. The molecule has 0 amide bonds. The molecular weight excluding hydrogens is 368 g/mol. The van der Waals surface area contributed by atoms with Crippen LogP contribution in [0.15, 0.2) is 52.9 Å². The number of carboxylic acid groups (broad SMARTS) is 1. The zero-order chi connectivity index (χ0) is 20.5. The summed E-state index contributed by atoms with van der Waals surface area (Å²) in [5, 5.41) is 8.95. The van der Waals surface area contributed by atoms with Crippen LogP contribution in [-0.2, 0) is 0 Å². The smallest absolute Gasteiger partial charge is 0.335 e. The Hall–Kier alpha value is -3.02. The molecule has 0 spiro atoms. The number of ether oxygens (including phenoxy) is 1. The average molecular weight is 396 g/mol. The van der Waals surface area contributed by atoms with Crippen LogP contribution in [0, 0.1) is 0 Å². The summed E-state index contributed by atoms with van der Waals surface area (Å²) < 4.78 is 11.7. The molecule has 0 saturated carbocycles. The number of hydrogen-bond donors (Lipinski definition) is 1. The van der Waals surface area contributed by atoms with E-state index in [9.17, 15) is 4.79 Å². The van der Waals surface area contributed by atoms with E-state index >= 15 is 0 Å². The van der Waals surface area contributed by atoms with Crippen LogP contribution in [0.3, 0.4) is 0 Å². The van der Waals surface area contributed by atoms with E-state index in [1.807, 2.05) is 24.3 Å². The van der Waals surface area contributed by atoms with Gasteiger partial charge in [-0.15, -0.1) is 0 Å². The van der Waals surface area contributed by atoms with Crippen molar-refractivity contribution in [2.75, 3.05) is 24.6 Å². The number of nitrogens with zero attached hydrogens (tertiary/aromatic N) is 2. The van der Waals surface area contributed by atoms with E-state index in [0.29, 0.717) is 18.4 Å². The van der Waals surface area contributed by atoms with E-state index in [0.717, 1.165) is 37.0 Å². The van der Waals surface area contributed by atoms with Gasteiger partial charge in [0.1, 0.15) is 11.3 Å². The predicted molar refractivity (Wildman–Crippen MR) is 114 cm³/mol. The molecule has 0 atom stereocenters. The third-order valence-corrected chi connectivity index (χ3v) is 4.78. The minimum atomic E-state index is -0.936. The van der Waals surface area contributed by atoms with Crippen molar-refractivity contribution in [2.45, 2.75) is 39.0 Å². The topological polar surface area (TPSA) is 75.8 Å². The predicted octanol–water partition coefficient (Wildman–Crippen LogP) is 5.38. The van der Waals surface area contributed by atoms with Gasteiger partial charge in [0, 0.05) is 13.1 Å². The molecule has 1 N–H and O–H groups in total. The molecule has 29 heavy (non-hydrogen) atoms. The second-order valence-electron chi connectivity index (χ2n) is 7.04. The molecule has 0 radical (unpaired) electrons. The molecule has 3 aromatic rings. The molecule has 3 rings (SSSR count). The second kappa shape index (κ2) is 10.5. The van der Waals surface area contributed by atoms with E-state index in [4.69, 9.17) is 14.3 Å². The molecule has 0 bridgehead atoms. The lowest BCUT2D eigenvalue weighted by Gasteiger charge is -2.20. The minimum absolute atomic E-state index is 0.256. The Bertz CT molecular complexity index is 872. The molecule has 0 saturated heterocycles. The van der Waals surface area contributed by atoms with Gasteiger partial charge in [-0.05, 0) is 49.2 Å². The highest BCUT2D eigenvalue weighted by Gasteiger charge is 2.14. The maximum atomic E-state index is 10.9. The van der Waals surface area contributed by atoms with Crippen molar-refractivity contribution in [3.63, 3.8) is 0 Å². The number of fused-ring (bicyclic) bond motifs is 1. The average Bonchev–Trinajstić information content (AvgIpc) is 3.17. The van der Waals surface area contributed by atoms with E-state index in [1.165, 1.54) is 19.3 Å². The van der Waals surface area contributed by atoms with Gasteiger partial charge in [-0.3, -0.25) is 0 Å². The quantitative estimate of drug-likeness (QED) is 0.414. The first-order valence-corrected chi connectivity index (χ1v) is 10.2. The standard InChI is InChI=1S/C23H28N2O4/c1-2-3-4-7-15-25(23-24-20-9-5-6-10-21(20)29-23)16-8-17-28-19-13-11-18(12-14-19)22(26)27/h5-6,9-14H,2-4,7-8,15-17H2,1H3,(H,26,27). The molecule has 0 aliphatic heterocycles. The summed E-state index contributed by atoms with van der Waals surface area (Å²) in [5.74, 6) is -0.264. The number of rotatable bonds is 12. The lowest BCUT2D eigenvalue weighted by Crippen LogP contribution is -2.27. The molecule has 154 valence electrons. The number of carboxylic acids is 1. The van der Waals surface area contributed by atoms with Gasteiger partial charge < -0.3 is 19.2 Å². The zero-order valence-corrected chi connectivity index (χ0v) is 16.8. The van der Waals surface area contributed by atoms with Crippen molar-refractivity contribution in [2.24, 2.45) is 0 Å². The van der Waals surface area contributed by atoms with Crippen molar-refractivity contribution in [3.8, 4) is 5.75 Å². The van der Waals surface area contributed by atoms with E-state index < -0.39 is 5.97 Å². The molecular formula is C23H28N2O4. The van der Waals surface area contributed by atoms with Crippen molar-refractivity contribution >= 4 is 23.1 Å². The number of oxazole rings is 1. The van der Waals surface area contributed by atoms with Crippen LogP contribution in [0.1, 0.15) is 49.4 Å². The number of aromatic nitrogens is 1. The Kier molecular flexibility index (Phi) is 7.50. The number of hydrogen-bond acceptors (Lipinski definition) is 5. The van der Waals surface area contributed by atoms with Gasteiger partial charge in [-0.1, -0.05) is 38.3 Å². The van der Waals surface area contributed by atoms with E-state index in [2.05, 4.69) is 16.8 Å². The number of benzene rings is 2. The molecule has 0 fully saturated rings. The zero-order valence-electron chi connectivity index (χ0n) is 16.8. The van der Waals surface area contributed by atoms with Gasteiger partial charge in [0.25, 0.3) is 6.01 Å². The Labute approximate surface area is 171 Å². The molecule has 2 aromatic carbocycles. The van der Waals surface area contributed by atoms with Crippen LogP contribution in [-0.4, -0.2) is 35.8 Å². The molecule has 0 unspecified atom stereocenters. The fourth-order valence-electron chi connectivity index (χ4n) is 3.17. The van der Waals surface area contributed by atoms with Crippen LogP contribution in [0.2, 0.25) is 0 Å². The fraction of sp³-hybridized carbons (Fsp3) is 0.391. The third kappa shape index (κ3) is 5.98. The largest absolute Gasteiger partial charge is 0.494 e. The lowest BCUT2D eigenvalue weighted by molar-refractivity contribution is 0.0697. The van der Waals surface area contributed by atoms with Gasteiger partial charge in [0.2, 0.25) is 0 Å². The first-order chi connectivity index (χ1) is 14.2. The molecule has 1 heterocycles. The van der Waals surface area contributed by atoms with Crippen LogP contribution < -0.4 is 9.64 Å². The Morgan fingerprint density at radius 2 is 1.79 bits per heavy atom. The first-order valence-electron chi connectivity index (χ1n) is 10.2. The molecule has 0 aliphatic carbocycles. The Morgan fingerprint density at radius 3 is 2.52 bits per heavy atom. The number of anilines is 1. The van der Waals surface area contributed by atoms with Crippen LogP contribution in [0.5, 0.6) is 5.75 Å². The van der Waals surface area contributed by atoms with Crippen LogP contribution in [0.4, 0.5) is 6.01 Å². The van der Waals surface area contributed by atoms with Gasteiger partial charge in [-0.25, -0.2) is 4.79 Å². The summed E-state index contributed by atoms with van der Waals surface area (Å²) in [7, 11) is 0. The number of para-hydroxylation sites is 2. The van der Waals surface area contributed by atoms with Crippen LogP contribution >= 0.6 is 0 Å². The molecule has 1 aromatic heterocycles. The van der Waals surface area contributed by atoms with Gasteiger partial charge in [0.05, 0.1) is 12.2 Å². The van der Waals surface area contributed by atoms with Gasteiger partial charge in [0.15, 0.2) is 5.58 Å². The normalized spacial score (nSPS) is 10.9. The SMILES string of the molecule is CCCCCCN(CCCOc1ccc(C(=O)O)cc1)c1nc2ccccc2o1. The molecule has 6 nitrogen and oxygen atoms in total. The van der Waals surface area contributed by atoms with Gasteiger partial charge >= 0.3 is 5.97 Å². The summed E-state index contributed by atoms with van der Waals surface area (Å²) in [6, 6.07) is 14.9. The number of aromatic carboxylic acids is 1. The summed E-state index contributed by atoms with van der Waals surface area (Å²) in [5.41, 5.74) is 1.93. The van der Waals surface area contributed by atoms with Crippen LogP contribution in [0.25, 0.3) is 11.1 Å². The number of unbranched alkanes of at least 4 members (excludes halogenated alkanes) is 3. The maximum absolute atomic E-state index is 10.9. The highest BCUT2D eigenvalue weighted by Crippen LogP contribution is 2.22. The van der Waals surface area contributed by atoms with Gasteiger partial charge in [-0.2, -0.15) is 4.98 Å². The summed E-state index contributed by atoms with van der Waals surface area (Å²) in [4.78, 5) is 17.7. The monoisotopic (exact) mass is 396 g/mol. The van der Waals surface area contributed by atoms with Crippen molar-refractivity contribution < 1.29 is 19.1 Å². The lowest BCUT2D eigenvalue weighted by atomic mass is 10.2. The number of carbonyl (C=O) groups is 1. The van der Waals surface area contributed by atoms with Crippen molar-refractivity contribution in [3.05, 3.63) is 54.1 Å². The van der Waals surface area contributed by atoms with E-state index in [1.54, 1.807) is 24.3 Å². The Balaban J connectivity index is 1.55. The summed E-state index contributed by atoms with van der Waals surface area (Å²) in [6.07, 6.45) is 5.55. The minimum Gasteiger partial charge on any atom is -0.494 e. The maximum Gasteiger partial charge on any atom is 0.335 e. The third-order valence-electron chi connectivity index (χ3n) is 4.78. The fourth-order valence-corrected chi connectivity index (χ4v) is 3.17.